The molecule has 1 rings (SSSR count). The van der Waals surface area contributed by atoms with Crippen molar-refractivity contribution in [1.29, 1.82) is 0 Å². The Labute approximate surface area is 77.8 Å². The predicted molar refractivity (Wildman–Crippen MR) is 46.2 cm³/mol. The molecular formula is C9H16O4. The van der Waals surface area contributed by atoms with E-state index in [0.717, 1.165) is 25.7 Å². The highest BCUT2D eigenvalue weighted by Crippen LogP contribution is 2.21. The van der Waals surface area contributed by atoms with Gasteiger partial charge in [0.1, 0.15) is 12.7 Å². The second-order valence-electron chi connectivity index (χ2n) is 3.31. The summed E-state index contributed by atoms with van der Waals surface area (Å²) in [5, 5.41) is 9.47. The molecular weight excluding hydrogens is 172 g/mol. The van der Waals surface area contributed by atoms with Gasteiger partial charge in [0.15, 0.2) is 0 Å². The first-order valence-corrected chi connectivity index (χ1v) is 4.60. The van der Waals surface area contributed by atoms with Gasteiger partial charge in [0, 0.05) is 7.11 Å². The predicted octanol–water partition coefficient (Wildman–Crippen LogP) is 0.480. The Morgan fingerprint density at radius 3 is 2.77 bits per heavy atom. The number of carbonyl (C=O) groups excluding carboxylic acids is 1. The molecule has 0 heterocycles. The lowest BCUT2D eigenvalue weighted by Crippen LogP contribution is -2.35. The molecule has 1 aliphatic carbocycles. The average Bonchev–Trinajstić information content (AvgIpc) is 2.09. The van der Waals surface area contributed by atoms with Crippen molar-refractivity contribution in [2.75, 3.05) is 13.7 Å². The summed E-state index contributed by atoms with van der Waals surface area (Å²) in [5.41, 5.74) is 0. The highest BCUT2D eigenvalue weighted by atomic mass is 16.6. The van der Waals surface area contributed by atoms with Crippen molar-refractivity contribution in [1.82, 2.24) is 0 Å². The molecule has 1 N–H and O–H groups in total. The van der Waals surface area contributed by atoms with E-state index in [1.807, 2.05) is 0 Å². The van der Waals surface area contributed by atoms with Crippen molar-refractivity contribution in [3.05, 3.63) is 0 Å². The maximum absolute atomic E-state index is 11.0. The summed E-state index contributed by atoms with van der Waals surface area (Å²) in [6.07, 6.45) is 2.70. The van der Waals surface area contributed by atoms with Crippen LogP contribution in [0.5, 0.6) is 0 Å². The summed E-state index contributed by atoms with van der Waals surface area (Å²) in [7, 11) is 1.44. The van der Waals surface area contributed by atoms with Crippen LogP contribution in [0.3, 0.4) is 0 Å². The monoisotopic (exact) mass is 188 g/mol. The Bertz CT molecular complexity index is 169. The summed E-state index contributed by atoms with van der Waals surface area (Å²) in [5.74, 6) is -0.395. The standard InChI is InChI=1S/C9H16O4/c1-12-6-9(11)13-8-5-3-2-4-7(8)10/h7-8,10H,2-6H2,1H3/t7-,8-/m0/s1. The number of hydrogen-bond acceptors (Lipinski definition) is 4. The lowest BCUT2D eigenvalue weighted by atomic mass is 9.95. The van der Waals surface area contributed by atoms with Crippen LogP contribution >= 0.6 is 0 Å². The Morgan fingerprint density at radius 1 is 1.46 bits per heavy atom. The van der Waals surface area contributed by atoms with E-state index in [2.05, 4.69) is 4.74 Å². The molecule has 1 fully saturated rings. The summed E-state index contributed by atoms with van der Waals surface area (Å²) >= 11 is 0. The Balaban J connectivity index is 2.29. The van der Waals surface area contributed by atoms with Crippen molar-refractivity contribution >= 4 is 5.97 Å². The second-order valence-corrected chi connectivity index (χ2v) is 3.31. The second kappa shape index (κ2) is 5.19. The molecule has 0 aliphatic heterocycles. The summed E-state index contributed by atoms with van der Waals surface area (Å²) in [4.78, 5) is 11.0. The van der Waals surface area contributed by atoms with Crippen LogP contribution in [0.2, 0.25) is 0 Å². The number of ether oxygens (including phenoxy) is 2. The van der Waals surface area contributed by atoms with Gasteiger partial charge in [-0.3, -0.25) is 0 Å². The van der Waals surface area contributed by atoms with Gasteiger partial charge in [-0.25, -0.2) is 4.79 Å². The van der Waals surface area contributed by atoms with E-state index in [-0.39, 0.29) is 12.7 Å². The van der Waals surface area contributed by atoms with Crippen molar-refractivity contribution in [2.24, 2.45) is 0 Å². The molecule has 1 saturated carbocycles. The third-order valence-corrected chi connectivity index (χ3v) is 2.21. The van der Waals surface area contributed by atoms with E-state index in [4.69, 9.17) is 4.74 Å². The van der Waals surface area contributed by atoms with Crippen LogP contribution in [-0.2, 0) is 14.3 Å². The SMILES string of the molecule is COCC(=O)O[C@H]1CCCC[C@@H]1O. The van der Waals surface area contributed by atoms with Gasteiger partial charge in [-0.05, 0) is 19.3 Å². The Morgan fingerprint density at radius 2 is 2.15 bits per heavy atom. The molecule has 0 aromatic heterocycles. The van der Waals surface area contributed by atoms with Gasteiger partial charge < -0.3 is 14.6 Å². The van der Waals surface area contributed by atoms with Crippen LogP contribution in [0.1, 0.15) is 25.7 Å². The van der Waals surface area contributed by atoms with E-state index in [9.17, 15) is 9.90 Å². The van der Waals surface area contributed by atoms with Crippen LogP contribution in [0.25, 0.3) is 0 Å². The lowest BCUT2D eigenvalue weighted by Gasteiger charge is -2.27. The molecule has 1 aliphatic rings. The number of methoxy groups -OCH3 is 1. The van der Waals surface area contributed by atoms with Crippen LogP contribution < -0.4 is 0 Å². The van der Waals surface area contributed by atoms with Crippen molar-refractivity contribution in [3.63, 3.8) is 0 Å². The molecule has 0 aromatic rings. The molecule has 4 nitrogen and oxygen atoms in total. The molecule has 0 unspecified atom stereocenters. The smallest absolute Gasteiger partial charge is 0.332 e. The topological polar surface area (TPSA) is 55.8 Å². The number of rotatable bonds is 3. The first-order valence-electron chi connectivity index (χ1n) is 4.60. The Kier molecular flexibility index (Phi) is 4.18. The lowest BCUT2D eigenvalue weighted by molar-refractivity contribution is -0.161. The molecule has 0 spiro atoms. The quantitative estimate of drug-likeness (QED) is 0.654. The number of aliphatic hydroxyl groups is 1. The van der Waals surface area contributed by atoms with Crippen molar-refractivity contribution in [2.45, 2.75) is 37.9 Å². The highest BCUT2D eigenvalue weighted by Gasteiger charge is 2.26. The van der Waals surface area contributed by atoms with Gasteiger partial charge in [0.25, 0.3) is 0 Å². The van der Waals surface area contributed by atoms with Gasteiger partial charge in [0.05, 0.1) is 6.10 Å². The molecule has 0 aromatic carbocycles. The van der Waals surface area contributed by atoms with Gasteiger partial charge in [0.2, 0.25) is 0 Å². The maximum Gasteiger partial charge on any atom is 0.332 e. The minimum Gasteiger partial charge on any atom is -0.458 e. The molecule has 0 saturated heterocycles. The normalized spacial score (nSPS) is 28.5. The fourth-order valence-electron chi connectivity index (χ4n) is 1.54. The minimum absolute atomic E-state index is 0.0385. The number of hydrogen-bond donors (Lipinski definition) is 1. The van der Waals surface area contributed by atoms with Crippen molar-refractivity contribution < 1.29 is 19.4 Å². The van der Waals surface area contributed by atoms with Crippen LogP contribution in [0, 0.1) is 0 Å². The Hall–Kier alpha value is -0.610. The third-order valence-electron chi connectivity index (χ3n) is 2.21. The molecule has 0 amide bonds. The first kappa shape index (κ1) is 10.5. The largest absolute Gasteiger partial charge is 0.458 e. The summed E-state index contributed by atoms with van der Waals surface area (Å²) in [6, 6.07) is 0. The molecule has 0 radical (unpaired) electrons. The molecule has 76 valence electrons. The zero-order valence-electron chi connectivity index (χ0n) is 7.86. The van der Waals surface area contributed by atoms with Crippen LogP contribution in [-0.4, -0.2) is 37.0 Å². The van der Waals surface area contributed by atoms with Crippen LogP contribution in [0.4, 0.5) is 0 Å². The zero-order chi connectivity index (χ0) is 9.68. The summed E-state index contributed by atoms with van der Waals surface area (Å²) in [6.45, 7) is -0.0385. The fraction of sp³-hybridized carbons (Fsp3) is 0.889. The zero-order valence-corrected chi connectivity index (χ0v) is 7.86. The molecule has 13 heavy (non-hydrogen) atoms. The fourth-order valence-corrected chi connectivity index (χ4v) is 1.54. The molecule has 4 heteroatoms. The van der Waals surface area contributed by atoms with Gasteiger partial charge in [-0.1, -0.05) is 6.42 Å². The van der Waals surface area contributed by atoms with E-state index >= 15 is 0 Å². The summed E-state index contributed by atoms with van der Waals surface area (Å²) < 4.78 is 9.65. The molecule has 0 bridgehead atoms. The van der Waals surface area contributed by atoms with Gasteiger partial charge in [-0.15, -0.1) is 0 Å². The minimum atomic E-state index is -0.491. The number of aliphatic hydroxyl groups excluding tert-OH is 1. The van der Waals surface area contributed by atoms with Gasteiger partial charge >= 0.3 is 5.97 Å². The average molecular weight is 188 g/mol. The maximum atomic E-state index is 11.0. The van der Waals surface area contributed by atoms with E-state index < -0.39 is 12.1 Å². The molecule has 2 atom stereocenters. The highest BCUT2D eigenvalue weighted by molar-refractivity contribution is 5.70. The number of esters is 1. The third kappa shape index (κ3) is 3.32. The van der Waals surface area contributed by atoms with Gasteiger partial charge in [-0.2, -0.15) is 0 Å². The van der Waals surface area contributed by atoms with E-state index in [1.54, 1.807) is 0 Å². The first-order chi connectivity index (χ1) is 6.24. The number of carbonyl (C=O) groups is 1. The van der Waals surface area contributed by atoms with Crippen molar-refractivity contribution in [3.8, 4) is 0 Å². The van der Waals surface area contributed by atoms with E-state index in [0.29, 0.717) is 0 Å². The van der Waals surface area contributed by atoms with Crippen LogP contribution in [0.15, 0.2) is 0 Å². The van der Waals surface area contributed by atoms with E-state index in [1.165, 1.54) is 7.11 Å².